The summed E-state index contributed by atoms with van der Waals surface area (Å²) in [5.41, 5.74) is 10.3. The van der Waals surface area contributed by atoms with Crippen LogP contribution in [0.3, 0.4) is 0 Å². The van der Waals surface area contributed by atoms with Gasteiger partial charge in [-0.25, -0.2) is 0 Å². The molecule has 2 N–H and O–H groups in total. The number of hydrogen-bond acceptors (Lipinski definition) is 2. The molecule has 2 nitrogen and oxygen atoms in total. The van der Waals surface area contributed by atoms with Crippen molar-refractivity contribution in [2.45, 2.75) is 39.7 Å². The molecule has 1 aliphatic rings. The average molecular weight is 246 g/mol. The van der Waals surface area contributed by atoms with Crippen molar-refractivity contribution in [2.75, 3.05) is 19.6 Å². The molecule has 2 rings (SSSR count). The topological polar surface area (TPSA) is 29.3 Å². The van der Waals surface area contributed by atoms with Gasteiger partial charge in [0.1, 0.15) is 0 Å². The van der Waals surface area contributed by atoms with Gasteiger partial charge in [-0.2, -0.15) is 0 Å². The molecule has 0 saturated carbocycles. The van der Waals surface area contributed by atoms with Crippen molar-refractivity contribution in [3.05, 3.63) is 34.9 Å². The van der Waals surface area contributed by atoms with Crippen molar-refractivity contribution in [2.24, 2.45) is 11.7 Å². The van der Waals surface area contributed by atoms with Gasteiger partial charge in [-0.3, -0.25) is 4.90 Å². The minimum Gasteiger partial charge on any atom is -0.330 e. The van der Waals surface area contributed by atoms with Crippen LogP contribution in [0.4, 0.5) is 0 Å². The summed E-state index contributed by atoms with van der Waals surface area (Å²) in [5, 5.41) is 0. The van der Waals surface area contributed by atoms with Crippen LogP contribution in [0.1, 0.15) is 42.5 Å². The SMILES string of the molecule is CCN1CCCC(CN)C1c1cccc(C)c1C. The first-order valence-electron chi connectivity index (χ1n) is 7.19. The second-order valence-corrected chi connectivity index (χ2v) is 5.50. The number of hydrogen-bond donors (Lipinski definition) is 1. The zero-order valence-electron chi connectivity index (χ0n) is 11.9. The Hall–Kier alpha value is -0.860. The molecule has 2 atom stereocenters. The molecular weight excluding hydrogens is 220 g/mol. The van der Waals surface area contributed by atoms with E-state index in [0.29, 0.717) is 12.0 Å². The standard InChI is InChI=1S/C16H26N2/c1-4-18-10-6-8-14(11-17)16(18)15-9-5-7-12(2)13(15)3/h5,7,9,14,16H,4,6,8,10-11,17H2,1-3H3. The third-order valence-corrected chi connectivity index (χ3v) is 4.53. The number of likely N-dealkylation sites (tertiary alicyclic amines) is 1. The fraction of sp³-hybridized carbons (Fsp3) is 0.625. The Kier molecular flexibility index (Phi) is 4.41. The van der Waals surface area contributed by atoms with Crippen LogP contribution in [0, 0.1) is 19.8 Å². The van der Waals surface area contributed by atoms with E-state index in [9.17, 15) is 0 Å². The summed E-state index contributed by atoms with van der Waals surface area (Å²) in [7, 11) is 0. The number of rotatable bonds is 3. The number of piperidine rings is 1. The first-order valence-corrected chi connectivity index (χ1v) is 7.19. The second-order valence-electron chi connectivity index (χ2n) is 5.50. The molecule has 1 fully saturated rings. The first kappa shape index (κ1) is 13.6. The van der Waals surface area contributed by atoms with Gasteiger partial charge >= 0.3 is 0 Å². The van der Waals surface area contributed by atoms with Crippen molar-refractivity contribution in [3.63, 3.8) is 0 Å². The lowest BCUT2D eigenvalue weighted by atomic mass is 9.82. The molecule has 100 valence electrons. The van der Waals surface area contributed by atoms with Crippen molar-refractivity contribution in [3.8, 4) is 0 Å². The highest BCUT2D eigenvalue weighted by molar-refractivity contribution is 5.36. The van der Waals surface area contributed by atoms with Crippen LogP contribution in [0.2, 0.25) is 0 Å². The number of nitrogens with zero attached hydrogens (tertiary/aromatic N) is 1. The minimum absolute atomic E-state index is 0.522. The van der Waals surface area contributed by atoms with Gasteiger partial charge in [0, 0.05) is 6.04 Å². The van der Waals surface area contributed by atoms with E-state index in [1.807, 2.05) is 0 Å². The van der Waals surface area contributed by atoms with Gasteiger partial charge in [-0.15, -0.1) is 0 Å². The summed E-state index contributed by atoms with van der Waals surface area (Å²) in [5.74, 6) is 0.610. The van der Waals surface area contributed by atoms with E-state index >= 15 is 0 Å². The smallest absolute Gasteiger partial charge is 0.0390 e. The van der Waals surface area contributed by atoms with Crippen molar-refractivity contribution < 1.29 is 0 Å². The third-order valence-electron chi connectivity index (χ3n) is 4.53. The molecule has 0 aromatic heterocycles. The zero-order chi connectivity index (χ0) is 13.1. The van der Waals surface area contributed by atoms with E-state index in [0.717, 1.165) is 13.1 Å². The molecule has 0 bridgehead atoms. The molecular formula is C16H26N2. The Balaban J connectivity index is 2.39. The largest absolute Gasteiger partial charge is 0.330 e. The van der Waals surface area contributed by atoms with E-state index in [4.69, 9.17) is 5.73 Å². The Labute approximate surface area is 111 Å². The van der Waals surface area contributed by atoms with Crippen LogP contribution < -0.4 is 5.73 Å². The summed E-state index contributed by atoms with van der Waals surface area (Å²) in [6.07, 6.45) is 2.56. The van der Waals surface area contributed by atoms with Gasteiger partial charge in [-0.05, 0) is 68.9 Å². The molecule has 2 heteroatoms. The van der Waals surface area contributed by atoms with Crippen LogP contribution in [0.25, 0.3) is 0 Å². The molecule has 0 amide bonds. The van der Waals surface area contributed by atoms with Crippen LogP contribution in [-0.4, -0.2) is 24.5 Å². The Bertz CT molecular complexity index is 388. The molecule has 1 heterocycles. The summed E-state index contributed by atoms with van der Waals surface area (Å²) in [6, 6.07) is 7.21. The normalized spacial score (nSPS) is 25.3. The fourth-order valence-corrected chi connectivity index (χ4v) is 3.30. The maximum absolute atomic E-state index is 6.01. The van der Waals surface area contributed by atoms with Crippen LogP contribution in [0.5, 0.6) is 0 Å². The van der Waals surface area contributed by atoms with Gasteiger partial charge in [0.25, 0.3) is 0 Å². The van der Waals surface area contributed by atoms with Crippen molar-refractivity contribution in [1.82, 2.24) is 4.90 Å². The Morgan fingerprint density at radius 3 is 2.78 bits per heavy atom. The van der Waals surface area contributed by atoms with Gasteiger partial charge in [-0.1, -0.05) is 25.1 Å². The Morgan fingerprint density at radius 1 is 1.33 bits per heavy atom. The highest BCUT2D eigenvalue weighted by Crippen LogP contribution is 2.37. The van der Waals surface area contributed by atoms with Gasteiger partial charge in [0.15, 0.2) is 0 Å². The molecule has 1 aliphatic heterocycles. The molecule has 0 radical (unpaired) electrons. The van der Waals surface area contributed by atoms with Crippen LogP contribution in [0.15, 0.2) is 18.2 Å². The monoisotopic (exact) mass is 246 g/mol. The highest BCUT2D eigenvalue weighted by atomic mass is 15.2. The maximum atomic E-state index is 6.01. The summed E-state index contributed by atoms with van der Waals surface area (Å²) < 4.78 is 0. The molecule has 0 spiro atoms. The summed E-state index contributed by atoms with van der Waals surface area (Å²) in [6.45, 7) is 9.85. The molecule has 1 aromatic carbocycles. The quantitative estimate of drug-likeness (QED) is 0.888. The average Bonchev–Trinajstić information content (AvgIpc) is 2.41. The van der Waals surface area contributed by atoms with E-state index in [1.165, 1.54) is 36.1 Å². The lowest BCUT2D eigenvalue weighted by molar-refractivity contribution is 0.101. The highest BCUT2D eigenvalue weighted by Gasteiger charge is 2.31. The van der Waals surface area contributed by atoms with E-state index in [2.05, 4.69) is 43.9 Å². The lowest BCUT2D eigenvalue weighted by Gasteiger charge is -2.41. The predicted molar refractivity (Wildman–Crippen MR) is 77.7 cm³/mol. The van der Waals surface area contributed by atoms with Crippen molar-refractivity contribution >= 4 is 0 Å². The first-order chi connectivity index (χ1) is 8.69. The number of benzene rings is 1. The minimum atomic E-state index is 0.522. The van der Waals surface area contributed by atoms with Gasteiger partial charge < -0.3 is 5.73 Å². The summed E-state index contributed by atoms with van der Waals surface area (Å²) >= 11 is 0. The lowest BCUT2D eigenvalue weighted by Crippen LogP contribution is -2.41. The van der Waals surface area contributed by atoms with Crippen LogP contribution >= 0.6 is 0 Å². The fourth-order valence-electron chi connectivity index (χ4n) is 3.30. The summed E-state index contributed by atoms with van der Waals surface area (Å²) in [4.78, 5) is 2.60. The van der Waals surface area contributed by atoms with E-state index in [-0.39, 0.29) is 0 Å². The van der Waals surface area contributed by atoms with Gasteiger partial charge in [0.2, 0.25) is 0 Å². The van der Waals surface area contributed by atoms with E-state index in [1.54, 1.807) is 0 Å². The predicted octanol–water partition coefficient (Wildman–Crippen LogP) is 3.04. The molecule has 18 heavy (non-hydrogen) atoms. The third kappa shape index (κ3) is 2.45. The maximum Gasteiger partial charge on any atom is 0.0390 e. The zero-order valence-corrected chi connectivity index (χ0v) is 11.9. The molecule has 2 unspecified atom stereocenters. The molecule has 1 saturated heterocycles. The van der Waals surface area contributed by atoms with Gasteiger partial charge in [0.05, 0.1) is 0 Å². The molecule has 0 aliphatic carbocycles. The molecule has 1 aromatic rings. The van der Waals surface area contributed by atoms with Crippen molar-refractivity contribution in [1.29, 1.82) is 0 Å². The van der Waals surface area contributed by atoms with Crippen LogP contribution in [-0.2, 0) is 0 Å². The van der Waals surface area contributed by atoms with E-state index < -0.39 is 0 Å². The number of nitrogens with two attached hydrogens (primary N) is 1. The Morgan fingerprint density at radius 2 is 2.11 bits per heavy atom. The number of aryl methyl sites for hydroxylation is 1. The second kappa shape index (κ2) is 5.85.